The molecule has 0 aromatic carbocycles. The lowest BCUT2D eigenvalue weighted by Crippen LogP contribution is -2.19. The summed E-state index contributed by atoms with van der Waals surface area (Å²) < 4.78 is 38.9. The highest BCUT2D eigenvalue weighted by Gasteiger charge is 2.37. The van der Waals surface area contributed by atoms with Gasteiger partial charge in [-0.1, -0.05) is 6.07 Å². The summed E-state index contributed by atoms with van der Waals surface area (Å²) in [5.41, 5.74) is -0.111. The number of alkyl halides is 3. The Balaban J connectivity index is 2.76. The number of imidazole rings is 1. The van der Waals surface area contributed by atoms with Crippen molar-refractivity contribution in [3.63, 3.8) is 0 Å². The number of pyridine rings is 1. The molecule has 2 heterocycles. The minimum Gasteiger partial charge on any atom is -0.354 e. The second kappa shape index (κ2) is 3.76. The summed E-state index contributed by atoms with van der Waals surface area (Å²) >= 11 is 0. The summed E-state index contributed by atoms with van der Waals surface area (Å²) in [6, 6.07) is 4.40. The zero-order valence-electron chi connectivity index (χ0n) is 8.75. The highest BCUT2D eigenvalue weighted by Crippen LogP contribution is 2.30. The fourth-order valence-electron chi connectivity index (χ4n) is 1.52. The molecular weight excluding hydrogens is 235 g/mol. The first-order valence-electron chi connectivity index (χ1n) is 4.71. The van der Waals surface area contributed by atoms with Gasteiger partial charge in [-0.05, 0) is 12.1 Å². The molecule has 1 N–H and O–H groups in total. The van der Waals surface area contributed by atoms with Crippen molar-refractivity contribution in [2.45, 2.75) is 6.18 Å². The topological polar surface area (TPSA) is 46.4 Å². The van der Waals surface area contributed by atoms with E-state index < -0.39 is 17.9 Å². The van der Waals surface area contributed by atoms with Crippen LogP contribution in [0.15, 0.2) is 24.4 Å². The van der Waals surface area contributed by atoms with Gasteiger partial charge in [-0.2, -0.15) is 13.2 Å². The molecular formula is C10H8F3N3O. The molecule has 0 bridgehead atoms. The summed E-state index contributed by atoms with van der Waals surface area (Å²) in [6.45, 7) is 0. The van der Waals surface area contributed by atoms with Crippen LogP contribution in [0, 0.1) is 0 Å². The van der Waals surface area contributed by atoms with Gasteiger partial charge < -0.3 is 5.32 Å². The summed E-state index contributed by atoms with van der Waals surface area (Å²) in [6.07, 6.45) is -3.38. The average molecular weight is 243 g/mol. The van der Waals surface area contributed by atoms with Crippen LogP contribution in [0.3, 0.4) is 0 Å². The summed E-state index contributed by atoms with van der Waals surface area (Å²) in [4.78, 5) is 14.8. The lowest BCUT2D eigenvalue weighted by molar-refractivity contribution is -0.145. The molecule has 2 aromatic rings. The lowest BCUT2D eigenvalue weighted by atomic mass is 10.3. The van der Waals surface area contributed by atoms with E-state index in [9.17, 15) is 18.0 Å². The van der Waals surface area contributed by atoms with E-state index in [1.807, 2.05) is 0 Å². The molecule has 0 aliphatic rings. The third kappa shape index (κ3) is 1.83. The molecule has 2 rings (SSSR count). The number of rotatable bonds is 1. The molecule has 0 saturated heterocycles. The summed E-state index contributed by atoms with van der Waals surface area (Å²) in [5.74, 6) is -1.75. The molecule has 0 fully saturated rings. The largest absolute Gasteiger partial charge is 0.450 e. The third-order valence-corrected chi connectivity index (χ3v) is 2.24. The highest BCUT2D eigenvalue weighted by molar-refractivity contribution is 5.98. The fourth-order valence-corrected chi connectivity index (χ4v) is 1.52. The molecule has 0 radical (unpaired) electrons. The second-order valence-electron chi connectivity index (χ2n) is 3.32. The Morgan fingerprint density at radius 2 is 2.12 bits per heavy atom. The normalized spacial score (nSPS) is 11.8. The molecule has 0 saturated carbocycles. The van der Waals surface area contributed by atoms with Gasteiger partial charge in [0.25, 0.3) is 5.91 Å². The standard InChI is InChI=1S/C10H8F3N3O/c1-14-8(17)7-6-4-2-3-5-16(6)9(15-7)10(11,12)13/h2-5H,1H3,(H,14,17). The van der Waals surface area contributed by atoms with Crippen molar-refractivity contribution in [3.05, 3.63) is 35.9 Å². The van der Waals surface area contributed by atoms with Gasteiger partial charge in [0.1, 0.15) is 0 Å². The van der Waals surface area contributed by atoms with Crippen molar-refractivity contribution in [3.8, 4) is 0 Å². The van der Waals surface area contributed by atoms with E-state index in [0.717, 1.165) is 4.40 Å². The molecule has 1 amide bonds. The van der Waals surface area contributed by atoms with E-state index in [1.165, 1.54) is 25.4 Å². The Morgan fingerprint density at radius 3 is 2.71 bits per heavy atom. The van der Waals surface area contributed by atoms with E-state index >= 15 is 0 Å². The second-order valence-corrected chi connectivity index (χ2v) is 3.32. The van der Waals surface area contributed by atoms with Crippen LogP contribution in [0.1, 0.15) is 16.3 Å². The maximum absolute atomic E-state index is 12.7. The maximum Gasteiger partial charge on any atom is 0.450 e. The number of amides is 1. The Labute approximate surface area is 94.1 Å². The van der Waals surface area contributed by atoms with Crippen LogP contribution in [0.5, 0.6) is 0 Å². The van der Waals surface area contributed by atoms with Gasteiger partial charge >= 0.3 is 6.18 Å². The molecule has 4 nitrogen and oxygen atoms in total. The first-order valence-corrected chi connectivity index (χ1v) is 4.71. The predicted octanol–water partition coefficient (Wildman–Crippen LogP) is 1.71. The van der Waals surface area contributed by atoms with E-state index in [4.69, 9.17) is 0 Å². The highest BCUT2D eigenvalue weighted by atomic mass is 19.4. The molecule has 2 aromatic heterocycles. The number of nitrogens with zero attached hydrogens (tertiary/aromatic N) is 2. The molecule has 0 spiro atoms. The Hall–Kier alpha value is -2.05. The number of hydrogen-bond acceptors (Lipinski definition) is 2. The number of fused-ring (bicyclic) bond motifs is 1. The maximum atomic E-state index is 12.7. The Bertz CT molecular complexity index is 574. The van der Waals surface area contributed by atoms with Crippen molar-refractivity contribution in [2.75, 3.05) is 7.05 Å². The molecule has 0 aliphatic heterocycles. The molecule has 17 heavy (non-hydrogen) atoms. The quantitative estimate of drug-likeness (QED) is 0.828. The van der Waals surface area contributed by atoms with Gasteiger partial charge in [0, 0.05) is 13.2 Å². The average Bonchev–Trinajstić information content (AvgIpc) is 2.67. The molecule has 7 heteroatoms. The molecule has 0 aliphatic carbocycles. The van der Waals surface area contributed by atoms with Crippen molar-refractivity contribution < 1.29 is 18.0 Å². The predicted molar refractivity (Wildman–Crippen MR) is 53.6 cm³/mol. The van der Waals surface area contributed by atoms with Crippen LogP contribution >= 0.6 is 0 Å². The fraction of sp³-hybridized carbons (Fsp3) is 0.200. The van der Waals surface area contributed by atoms with Gasteiger partial charge in [0.2, 0.25) is 5.82 Å². The zero-order valence-corrected chi connectivity index (χ0v) is 8.75. The van der Waals surface area contributed by atoms with Crippen molar-refractivity contribution in [1.29, 1.82) is 0 Å². The Kier molecular flexibility index (Phi) is 2.53. The van der Waals surface area contributed by atoms with Gasteiger partial charge in [0.15, 0.2) is 5.69 Å². The molecule has 90 valence electrons. The van der Waals surface area contributed by atoms with Crippen LogP contribution in [0.4, 0.5) is 13.2 Å². The monoisotopic (exact) mass is 243 g/mol. The minimum absolute atomic E-state index is 0.124. The van der Waals surface area contributed by atoms with Gasteiger partial charge in [-0.25, -0.2) is 4.98 Å². The van der Waals surface area contributed by atoms with Crippen molar-refractivity contribution >= 4 is 11.4 Å². The molecule has 0 unspecified atom stereocenters. The SMILES string of the molecule is CNC(=O)c1nc(C(F)(F)F)n2ccccc12. The number of carbonyl (C=O) groups is 1. The van der Waals surface area contributed by atoms with E-state index in [0.29, 0.717) is 0 Å². The lowest BCUT2D eigenvalue weighted by Gasteiger charge is -2.03. The minimum atomic E-state index is -4.60. The van der Waals surface area contributed by atoms with Crippen LogP contribution in [0.25, 0.3) is 5.52 Å². The first kappa shape index (κ1) is 11.4. The van der Waals surface area contributed by atoms with Gasteiger partial charge in [-0.15, -0.1) is 0 Å². The number of hydrogen-bond donors (Lipinski definition) is 1. The number of halogens is 3. The number of aromatic nitrogens is 2. The zero-order chi connectivity index (χ0) is 12.6. The summed E-state index contributed by atoms with van der Waals surface area (Å²) in [5, 5.41) is 2.26. The molecule has 0 atom stereocenters. The van der Waals surface area contributed by atoms with Crippen LogP contribution in [0.2, 0.25) is 0 Å². The van der Waals surface area contributed by atoms with Crippen LogP contribution < -0.4 is 5.32 Å². The van der Waals surface area contributed by atoms with E-state index in [1.54, 1.807) is 6.07 Å². The number of carbonyl (C=O) groups excluding carboxylic acids is 1. The van der Waals surface area contributed by atoms with E-state index in [-0.39, 0.29) is 11.2 Å². The van der Waals surface area contributed by atoms with Crippen molar-refractivity contribution in [2.24, 2.45) is 0 Å². The van der Waals surface area contributed by atoms with Crippen LogP contribution in [-0.4, -0.2) is 22.3 Å². The van der Waals surface area contributed by atoms with E-state index in [2.05, 4.69) is 10.3 Å². The van der Waals surface area contributed by atoms with Crippen molar-refractivity contribution in [1.82, 2.24) is 14.7 Å². The first-order chi connectivity index (χ1) is 7.95. The van der Waals surface area contributed by atoms with Gasteiger partial charge in [0.05, 0.1) is 5.52 Å². The smallest absolute Gasteiger partial charge is 0.354 e. The van der Waals surface area contributed by atoms with Gasteiger partial charge in [-0.3, -0.25) is 9.20 Å². The Morgan fingerprint density at radius 1 is 1.41 bits per heavy atom. The summed E-state index contributed by atoms with van der Waals surface area (Å²) in [7, 11) is 1.34. The third-order valence-electron chi connectivity index (χ3n) is 2.24. The number of nitrogens with one attached hydrogen (secondary N) is 1. The van der Waals surface area contributed by atoms with Crippen LogP contribution in [-0.2, 0) is 6.18 Å².